The van der Waals surface area contributed by atoms with Gasteiger partial charge in [-0.05, 0) is 29.1 Å². The zero-order valence-electron chi connectivity index (χ0n) is 14.3. The second-order valence-electron chi connectivity index (χ2n) is 5.62. The third-order valence-corrected chi connectivity index (χ3v) is 3.87. The van der Waals surface area contributed by atoms with E-state index in [9.17, 15) is 9.59 Å². The minimum atomic E-state index is -0.463. The molecule has 3 aromatic carbocycles. The fraction of sp³-hybridized carbons (Fsp3) is 0.143. The lowest BCUT2D eigenvalue weighted by molar-refractivity contribution is -0.147. The number of fused-ring (bicyclic) bond motifs is 1. The molecule has 0 heterocycles. The number of ether oxygens (including phenoxy) is 3. The van der Waals surface area contributed by atoms with E-state index in [1.807, 2.05) is 42.5 Å². The van der Waals surface area contributed by atoms with Gasteiger partial charge >= 0.3 is 11.9 Å². The second-order valence-corrected chi connectivity index (χ2v) is 5.62. The van der Waals surface area contributed by atoms with E-state index in [0.29, 0.717) is 11.3 Å². The maximum Gasteiger partial charge on any atom is 0.344 e. The third-order valence-electron chi connectivity index (χ3n) is 3.87. The summed E-state index contributed by atoms with van der Waals surface area (Å²) in [7, 11) is 1.33. The highest BCUT2D eigenvalue weighted by atomic mass is 16.6. The van der Waals surface area contributed by atoms with Gasteiger partial charge in [-0.3, -0.25) is 0 Å². The van der Waals surface area contributed by atoms with Crippen LogP contribution in [-0.2, 0) is 20.9 Å². The summed E-state index contributed by atoms with van der Waals surface area (Å²) >= 11 is 0. The number of hydrogen-bond acceptors (Lipinski definition) is 5. The highest BCUT2D eigenvalue weighted by Crippen LogP contribution is 2.25. The van der Waals surface area contributed by atoms with Crippen molar-refractivity contribution in [2.75, 3.05) is 13.7 Å². The average Bonchev–Trinajstić information content (AvgIpc) is 2.70. The fourth-order valence-electron chi connectivity index (χ4n) is 2.52. The van der Waals surface area contributed by atoms with Crippen LogP contribution in [-0.4, -0.2) is 25.7 Å². The van der Waals surface area contributed by atoms with E-state index in [1.54, 1.807) is 24.3 Å². The summed E-state index contributed by atoms with van der Waals surface area (Å²) in [4.78, 5) is 23.3. The van der Waals surface area contributed by atoms with Gasteiger partial charge in [0.15, 0.2) is 6.61 Å². The lowest BCUT2D eigenvalue weighted by Gasteiger charge is -2.09. The van der Waals surface area contributed by atoms with Gasteiger partial charge in [-0.15, -0.1) is 0 Å². The Bertz CT molecular complexity index is 910. The zero-order valence-corrected chi connectivity index (χ0v) is 14.3. The van der Waals surface area contributed by atoms with Gasteiger partial charge in [0.25, 0.3) is 0 Å². The summed E-state index contributed by atoms with van der Waals surface area (Å²) < 4.78 is 15.4. The van der Waals surface area contributed by atoms with E-state index in [-0.39, 0.29) is 13.2 Å². The molecule has 3 aromatic rings. The summed E-state index contributed by atoms with van der Waals surface area (Å²) in [6.45, 7) is -0.0621. The highest BCUT2D eigenvalue weighted by molar-refractivity contribution is 5.89. The standard InChI is InChI=1S/C21H18O5/c1-24-21(23)17-11-9-15(10-12-17)13-26-20(22)14-25-19-8-4-6-16-5-2-3-7-18(16)19/h2-12H,13-14H2,1H3. The molecular formula is C21H18O5. The van der Waals surface area contributed by atoms with E-state index >= 15 is 0 Å². The molecule has 0 unspecified atom stereocenters. The van der Waals surface area contributed by atoms with Crippen LogP contribution >= 0.6 is 0 Å². The number of benzene rings is 3. The molecule has 3 rings (SSSR count). The monoisotopic (exact) mass is 350 g/mol. The van der Waals surface area contributed by atoms with Crippen molar-refractivity contribution in [3.05, 3.63) is 77.9 Å². The predicted molar refractivity (Wildman–Crippen MR) is 97.0 cm³/mol. The third kappa shape index (κ3) is 4.19. The fourth-order valence-corrected chi connectivity index (χ4v) is 2.52. The van der Waals surface area contributed by atoms with Gasteiger partial charge in [0.1, 0.15) is 12.4 Å². The van der Waals surface area contributed by atoms with Crippen molar-refractivity contribution >= 4 is 22.7 Å². The highest BCUT2D eigenvalue weighted by Gasteiger charge is 2.08. The minimum absolute atomic E-state index is 0.110. The maximum absolute atomic E-state index is 11.9. The minimum Gasteiger partial charge on any atom is -0.481 e. The van der Waals surface area contributed by atoms with Crippen LogP contribution in [0, 0.1) is 0 Å². The van der Waals surface area contributed by atoms with Gasteiger partial charge in [-0.1, -0.05) is 48.5 Å². The maximum atomic E-state index is 11.9. The topological polar surface area (TPSA) is 61.8 Å². The molecule has 0 atom stereocenters. The Balaban J connectivity index is 1.53. The molecule has 5 nitrogen and oxygen atoms in total. The normalized spacial score (nSPS) is 10.3. The molecule has 0 spiro atoms. The van der Waals surface area contributed by atoms with Crippen LogP contribution in [0.2, 0.25) is 0 Å². The van der Waals surface area contributed by atoms with Crippen LogP contribution in [0.5, 0.6) is 5.75 Å². The van der Waals surface area contributed by atoms with Gasteiger partial charge in [0.05, 0.1) is 12.7 Å². The lowest BCUT2D eigenvalue weighted by Crippen LogP contribution is -2.15. The van der Waals surface area contributed by atoms with Gasteiger partial charge in [0, 0.05) is 5.39 Å². The largest absolute Gasteiger partial charge is 0.481 e. The first-order chi connectivity index (χ1) is 12.7. The van der Waals surface area contributed by atoms with E-state index in [2.05, 4.69) is 4.74 Å². The Kier molecular flexibility index (Phi) is 5.49. The molecule has 0 radical (unpaired) electrons. The average molecular weight is 350 g/mol. The molecule has 0 saturated carbocycles. The van der Waals surface area contributed by atoms with Gasteiger partial charge in [-0.25, -0.2) is 9.59 Å². The number of rotatable bonds is 6. The Hall–Kier alpha value is -3.34. The Morgan fingerprint density at radius 3 is 2.38 bits per heavy atom. The van der Waals surface area contributed by atoms with Crippen LogP contribution in [0.25, 0.3) is 10.8 Å². The van der Waals surface area contributed by atoms with E-state index < -0.39 is 11.9 Å². The van der Waals surface area contributed by atoms with Crippen molar-refractivity contribution in [3.63, 3.8) is 0 Å². The number of carbonyl (C=O) groups excluding carboxylic acids is 2. The quantitative estimate of drug-likeness (QED) is 0.634. The van der Waals surface area contributed by atoms with Crippen molar-refractivity contribution in [1.82, 2.24) is 0 Å². The summed E-state index contributed by atoms with van der Waals surface area (Å²) in [6, 6.07) is 20.2. The number of hydrogen-bond donors (Lipinski definition) is 0. The van der Waals surface area contributed by atoms with E-state index in [1.165, 1.54) is 7.11 Å². The zero-order chi connectivity index (χ0) is 18.4. The van der Waals surface area contributed by atoms with Crippen LogP contribution < -0.4 is 4.74 Å². The molecule has 0 aliphatic rings. The molecule has 26 heavy (non-hydrogen) atoms. The first-order valence-electron chi connectivity index (χ1n) is 8.11. The van der Waals surface area contributed by atoms with E-state index in [0.717, 1.165) is 16.3 Å². The van der Waals surface area contributed by atoms with Crippen LogP contribution in [0.15, 0.2) is 66.7 Å². The van der Waals surface area contributed by atoms with Crippen molar-refractivity contribution in [3.8, 4) is 5.75 Å². The summed E-state index contributed by atoms with van der Waals surface area (Å²) in [5.74, 6) is -0.227. The smallest absolute Gasteiger partial charge is 0.344 e. The number of carbonyl (C=O) groups is 2. The molecule has 0 aliphatic heterocycles. The molecule has 0 aromatic heterocycles. The molecule has 5 heteroatoms. The van der Waals surface area contributed by atoms with Gasteiger partial charge in [0.2, 0.25) is 0 Å². The molecule has 0 fully saturated rings. The molecular weight excluding hydrogens is 332 g/mol. The van der Waals surface area contributed by atoms with Crippen LogP contribution in [0.1, 0.15) is 15.9 Å². The number of esters is 2. The summed E-state index contributed by atoms with van der Waals surface area (Å²) in [5, 5.41) is 1.99. The van der Waals surface area contributed by atoms with Crippen molar-refractivity contribution in [2.24, 2.45) is 0 Å². The Labute approximate surface area is 151 Å². The molecule has 132 valence electrons. The first-order valence-corrected chi connectivity index (χ1v) is 8.11. The molecule has 0 amide bonds. The second kappa shape index (κ2) is 8.16. The molecule has 0 saturated heterocycles. The Morgan fingerprint density at radius 1 is 0.885 bits per heavy atom. The van der Waals surface area contributed by atoms with E-state index in [4.69, 9.17) is 9.47 Å². The summed E-state index contributed by atoms with van der Waals surface area (Å²) in [6.07, 6.45) is 0. The first kappa shape index (κ1) is 17.5. The van der Waals surface area contributed by atoms with Gasteiger partial charge < -0.3 is 14.2 Å². The number of methoxy groups -OCH3 is 1. The van der Waals surface area contributed by atoms with Crippen molar-refractivity contribution < 1.29 is 23.8 Å². The van der Waals surface area contributed by atoms with Crippen molar-refractivity contribution in [2.45, 2.75) is 6.61 Å². The summed E-state index contributed by atoms with van der Waals surface area (Å²) in [5.41, 5.74) is 1.22. The Morgan fingerprint density at radius 2 is 1.62 bits per heavy atom. The molecule has 0 aliphatic carbocycles. The van der Waals surface area contributed by atoms with Gasteiger partial charge in [-0.2, -0.15) is 0 Å². The van der Waals surface area contributed by atoms with Crippen LogP contribution in [0.4, 0.5) is 0 Å². The predicted octanol–water partition coefficient (Wildman–Crippen LogP) is 3.75. The van der Waals surface area contributed by atoms with Crippen molar-refractivity contribution in [1.29, 1.82) is 0 Å². The molecule has 0 bridgehead atoms. The van der Waals surface area contributed by atoms with Crippen LogP contribution in [0.3, 0.4) is 0 Å². The molecule has 0 N–H and O–H groups in total. The SMILES string of the molecule is COC(=O)c1ccc(COC(=O)COc2cccc3ccccc23)cc1. The lowest BCUT2D eigenvalue weighted by atomic mass is 10.1.